The third-order valence-corrected chi connectivity index (χ3v) is 4.34. The number of benzene rings is 1. The molecule has 7 nitrogen and oxygen atoms in total. The molecule has 3 rings (SSSR count). The molecule has 0 fully saturated rings. The molecule has 10 heteroatoms. The van der Waals surface area contributed by atoms with Gasteiger partial charge in [-0.2, -0.15) is 10.2 Å². The average molecular weight is 421 g/mol. The second kappa shape index (κ2) is 9.42. The van der Waals surface area contributed by atoms with Crippen molar-refractivity contribution in [2.24, 2.45) is 0 Å². The molecule has 0 bridgehead atoms. The SMILES string of the molecule is CC(C)OCCCOc1nc(Oc2cc3c(cc2F)B(O)OC3)c(Cl)cc1C#N. The largest absolute Gasteiger partial charge is 0.491 e. The summed E-state index contributed by atoms with van der Waals surface area (Å²) in [5.74, 6) is -0.894. The number of ether oxygens (including phenoxy) is 3. The Morgan fingerprint density at radius 2 is 2.14 bits per heavy atom. The van der Waals surface area contributed by atoms with Crippen molar-refractivity contribution in [3.05, 3.63) is 40.2 Å². The predicted octanol–water partition coefficient (Wildman–Crippen LogP) is 2.95. The van der Waals surface area contributed by atoms with Crippen LogP contribution in [0.15, 0.2) is 18.2 Å². The highest BCUT2D eigenvalue weighted by Gasteiger charge is 2.29. The predicted molar refractivity (Wildman–Crippen MR) is 104 cm³/mol. The summed E-state index contributed by atoms with van der Waals surface area (Å²) in [4.78, 5) is 4.13. The molecule has 0 saturated heterocycles. The van der Waals surface area contributed by atoms with Crippen LogP contribution in [-0.4, -0.2) is 36.4 Å². The minimum atomic E-state index is -1.16. The molecule has 1 aromatic heterocycles. The number of halogens is 2. The Balaban J connectivity index is 1.77. The normalized spacial score (nSPS) is 12.8. The molecular weight excluding hydrogens is 401 g/mol. The fourth-order valence-corrected chi connectivity index (χ4v) is 2.86. The average Bonchev–Trinajstić information content (AvgIpc) is 3.03. The lowest BCUT2D eigenvalue weighted by Gasteiger charge is -2.13. The van der Waals surface area contributed by atoms with Gasteiger partial charge < -0.3 is 23.9 Å². The lowest BCUT2D eigenvalue weighted by Crippen LogP contribution is -2.28. The third kappa shape index (κ3) is 5.16. The summed E-state index contributed by atoms with van der Waals surface area (Å²) in [5.41, 5.74) is 1.08. The van der Waals surface area contributed by atoms with Crippen LogP contribution >= 0.6 is 11.6 Å². The molecule has 2 heterocycles. The van der Waals surface area contributed by atoms with Crippen LogP contribution in [0.4, 0.5) is 4.39 Å². The first kappa shape index (κ1) is 21.3. The van der Waals surface area contributed by atoms with Crippen LogP contribution in [0.3, 0.4) is 0 Å². The van der Waals surface area contributed by atoms with Crippen molar-refractivity contribution in [2.45, 2.75) is 33.0 Å². The van der Waals surface area contributed by atoms with Gasteiger partial charge in [-0.15, -0.1) is 0 Å². The van der Waals surface area contributed by atoms with Gasteiger partial charge in [0.15, 0.2) is 11.6 Å². The van der Waals surface area contributed by atoms with Crippen LogP contribution in [0.1, 0.15) is 31.4 Å². The van der Waals surface area contributed by atoms with Gasteiger partial charge in [0.2, 0.25) is 11.8 Å². The minimum Gasteiger partial charge on any atom is -0.477 e. The second-order valence-electron chi connectivity index (χ2n) is 6.61. The molecule has 1 aliphatic rings. The Hall–Kier alpha value is -2.38. The number of rotatable bonds is 8. The Bertz CT molecular complexity index is 938. The van der Waals surface area contributed by atoms with Crippen LogP contribution in [0.25, 0.3) is 0 Å². The van der Waals surface area contributed by atoms with E-state index in [1.807, 2.05) is 19.9 Å². The van der Waals surface area contributed by atoms with E-state index in [9.17, 15) is 14.7 Å². The van der Waals surface area contributed by atoms with Gasteiger partial charge in [-0.05, 0) is 43.1 Å². The van der Waals surface area contributed by atoms with Crippen molar-refractivity contribution in [1.29, 1.82) is 5.26 Å². The summed E-state index contributed by atoms with van der Waals surface area (Å²) >= 11 is 6.14. The van der Waals surface area contributed by atoms with Gasteiger partial charge in [-0.3, -0.25) is 0 Å². The van der Waals surface area contributed by atoms with E-state index in [0.29, 0.717) is 24.1 Å². The fraction of sp³-hybridized carbons (Fsp3) is 0.368. The number of aromatic nitrogens is 1. The van der Waals surface area contributed by atoms with Crippen LogP contribution in [0.5, 0.6) is 17.5 Å². The van der Waals surface area contributed by atoms with E-state index in [1.54, 1.807) is 0 Å². The van der Waals surface area contributed by atoms with Crippen LogP contribution in [-0.2, 0) is 16.0 Å². The summed E-state index contributed by atoms with van der Waals surface area (Å²) in [7, 11) is -1.16. The van der Waals surface area contributed by atoms with E-state index in [-0.39, 0.29) is 47.4 Å². The zero-order chi connectivity index (χ0) is 21.0. The summed E-state index contributed by atoms with van der Waals surface area (Å²) in [6.45, 7) is 4.78. The van der Waals surface area contributed by atoms with Crippen molar-refractivity contribution in [3.8, 4) is 23.6 Å². The van der Waals surface area contributed by atoms with Crippen LogP contribution in [0.2, 0.25) is 5.02 Å². The molecule has 0 radical (unpaired) electrons. The molecule has 1 N–H and O–H groups in total. The lowest BCUT2D eigenvalue weighted by atomic mass is 9.79. The first-order valence-electron chi connectivity index (χ1n) is 9.04. The molecule has 1 aliphatic heterocycles. The Morgan fingerprint density at radius 1 is 1.34 bits per heavy atom. The fourth-order valence-electron chi connectivity index (χ4n) is 2.67. The van der Waals surface area contributed by atoms with Crippen LogP contribution in [0, 0.1) is 17.1 Å². The zero-order valence-electron chi connectivity index (χ0n) is 15.9. The second-order valence-corrected chi connectivity index (χ2v) is 7.02. The highest BCUT2D eigenvalue weighted by Crippen LogP contribution is 2.33. The number of nitrogens with zero attached hydrogens (tertiary/aromatic N) is 2. The van der Waals surface area contributed by atoms with Crippen molar-refractivity contribution in [3.63, 3.8) is 0 Å². The zero-order valence-corrected chi connectivity index (χ0v) is 16.7. The van der Waals surface area contributed by atoms with E-state index >= 15 is 0 Å². The standard InChI is InChI=1S/C19H19BClFN2O5/c1-11(2)26-4-3-5-27-18-12(9-23)6-15(21)19(24-18)29-17-7-13-10-28-20(25)14(13)8-16(17)22/h6-8,11,25H,3-5,10H2,1-2H3. The van der Waals surface area contributed by atoms with Gasteiger partial charge in [0.05, 0.1) is 25.9 Å². The molecule has 0 atom stereocenters. The van der Waals surface area contributed by atoms with Gasteiger partial charge in [0.1, 0.15) is 16.7 Å². The summed E-state index contributed by atoms with van der Waals surface area (Å²) in [6.07, 6.45) is 0.720. The minimum absolute atomic E-state index is 0.0354. The van der Waals surface area contributed by atoms with E-state index in [4.69, 9.17) is 30.5 Å². The van der Waals surface area contributed by atoms with Gasteiger partial charge in [-0.1, -0.05) is 11.6 Å². The number of fused-ring (bicyclic) bond motifs is 1. The van der Waals surface area contributed by atoms with Gasteiger partial charge in [0.25, 0.3) is 0 Å². The Kier molecular flexibility index (Phi) is 6.93. The maximum absolute atomic E-state index is 14.4. The summed E-state index contributed by atoms with van der Waals surface area (Å²) < 4.78 is 36.0. The Labute approximate surface area is 173 Å². The Morgan fingerprint density at radius 3 is 2.86 bits per heavy atom. The van der Waals surface area contributed by atoms with Crippen molar-refractivity contribution >= 4 is 24.2 Å². The number of nitriles is 1. The van der Waals surface area contributed by atoms with E-state index in [2.05, 4.69) is 4.98 Å². The molecule has 0 unspecified atom stereocenters. The highest BCUT2D eigenvalue weighted by molar-refractivity contribution is 6.61. The first-order chi connectivity index (χ1) is 13.9. The molecule has 0 spiro atoms. The van der Waals surface area contributed by atoms with Crippen molar-refractivity contribution in [2.75, 3.05) is 13.2 Å². The molecule has 29 heavy (non-hydrogen) atoms. The van der Waals surface area contributed by atoms with E-state index < -0.39 is 12.9 Å². The number of pyridine rings is 1. The molecule has 0 amide bonds. The molecule has 1 aromatic carbocycles. The van der Waals surface area contributed by atoms with Crippen LogP contribution < -0.4 is 14.9 Å². The summed E-state index contributed by atoms with van der Waals surface area (Å²) in [6, 6.07) is 5.87. The molecule has 2 aromatic rings. The summed E-state index contributed by atoms with van der Waals surface area (Å²) in [5, 5.41) is 19.0. The van der Waals surface area contributed by atoms with E-state index in [1.165, 1.54) is 12.1 Å². The maximum Gasteiger partial charge on any atom is 0.491 e. The monoisotopic (exact) mass is 420 g/mol. The molecule has 152 valence electrons. The van der Waals surface area contributed by atoms with Gasteiger partial charge in [0, 0.05) is 6.42 Å². The van der Waals surface area contributed by atoms with Gasteiger partial charge in [-0.25, -0.2) is 4.39 Å². The smallest absolute Gasteiger partial charge is 0.477 e. The lowest BCUT2D eigenvalue weighted by molar-refractivity contribution is 0.0690. The van der Waals surface area contributed by atoms with Gasteiger partial charge >= 0.3 is 7.12 Å². The number of hydrogen-bond acceptors (Lipinski definition) is 7. The molecule has 0 aliphatic carbocycles. The third-order valence-electron chi connectivity index (χ3n) is 4.07. The molecular formula is C19H19BClFN2O5. The molecule has 0 saturated carbocycles. The maximum atomic E-state index is 14.4. The van der Waals surface area contributed by atoms with Crippen molar-refractivity contribution in [1.82, 2.24) is 4.98 Å². The first-order valence-corrected chi connectivity index (χ1v) is 9.41. The van der Waals surface area contributed by atoms with Crippen molar-refractivity contribution < 1.29 is 28.3 Å². The number of hydrogen-bond donors (Lipinski definition) is 1. The topological polar surface area (TPSA) is 93.8 Å². The van der Waals surface area contributed by atoms with E-state index in [0.717, 1.165) is 6.07 Å². The quantitative estimate of drug-likeness (QED) is 0.518. The highest BCUT2D eigenvalue weighted by atomic mass is 35.5.